The second-order valence-electron chi connectivity index (χ2n) is 9.52. The molecule has 4 rings (SSSR count). The van der Waals surface area contributed by atoms with Gasteiger partial charge < -0.3 is 44.7 Å². The summed E-state index contributed by atoms with van der Waals surface area (Å²) in [6.07, 6.45) is -0.492. The Morgan fingerprint density at radius 1 is 1.00 bits per heavy atom. The van der Waals surface area contributed by atoms with E-state index in [4.69, 9.17) is 29.9 Å². The lowest BCUT2D eigenvalue weighted by molar-refractivity contribution is -0.170. The van der Waals surface area contributed by atoms with Crippen molar-refractivity contribution in [1.82, 2.24) is 14.8 Å². The van der Waals surface area contributed by atoms with Gasteiger partial charge in [0.25, 0.3) is 0 Å². The molecule has 14 heteroatoms. The summed E-state index contributed by atoms with van der Waals surface area (Å²) in [5, 5.41) is 37.7. The quantitative estimate of drug-likeness (QED) is 0.224. The SMILES string of the molecule is CN(C)C(CNC(=O)Cn1ccc2ccc(F)cc21)c1ccc2c(c1)OCO2.O=C(O)CC(O)(CC(=O)O)C(=O)O. The third-order valence-electron chi connectivity index (χ3n) is 6.23. The number of hydrogen-bond acceptors (Lipinski definition) is 8. The van der Waals surface area contributed by atoms with Crippen LogP contribution in [0.2, 0.25) is 0 Å². The zero-order valence-electron chi connectivity index (χ0n) is 22.2. The van der Waals surface area contributed by atoms with Crippen molar-refractivity contribution in [3.05, 3.63) is 60.0 Å². The van der Waals surface area contributed by atoms with Gasteiger partial charge in [-0.25, -0.2) is 9.18 Å². The molecule has 1 aliphatic rings. The highest BCUT2D eigenvalue weighted by atomic mass is 19.1. The summed E-state index contributed by atoms with van der Waals surface area (Å²) in [4.78, 5) is 45.0. The van der Waals surface area contributed by atoms with Gasteiger partial charge >= 0.3 is 17.9 Å². The van der Waals surface area contributed by atoms with Gasteiger partial charge in [0.15, 0.2) is 17.1 Å². The molecule has 1 amide bonds. The highest BCUT2D eigenvalue weighted by molar-refractivity contribution is 5.88. The van der Waals surface area contributed by atoms with Crippen LogP contribution in [-0.2, 0) is 25.7 Å². The van der Waals surface area contributed by atoms with Crippen LogP contribution < -0.4 is 14.8 Å². The zero-order valence-corrected chi connectivity index (χ0v) is 22.2. The third-order valence-corrected chi connectivity index (χ3v) is 6.23. The Labute approximate surface area is 233 Å². The van der Waals surface area contributed by atoms with E-state index >= 15 is 0 Å². The molecule has 1 aromatic heterocycles. The van der Waals surface area contributed by atoms with Crippen molar-refractivity contribution >= 4 is 34.7 Å². The summed E-state index contributed by atoms with van der Waals surface area (Å²) in [6, 6.07) is 12.2. The van der Waals surface area contributed by atoms with Gasteiger partial charge in [0.2, 0.25) is 12.7 Å². The fourth-order valence-electron chi connectivity index (χ4n) is 4.15. The Hall–Kier alpha value is -4.69. The lowest BCUT2D eigenvalue weighted by atomic mass is 9.96. The number of aliphatic carboxylic acids is 3. The number of fused-ring (bicyclic) bond motifs is 2. The smallest absolute Gasteiger partial charge is 0.336 e. The molecule has 0 radical (unpaired) electrons. The Bertz CT molecular complexity index is 1420. The molecule has 0 fully saturated rings. The van der Waals surface area contributed by atoms with Crippen LogP contribution in [0, 0.1) is 5.82 Å². The number of carbonyl (C=O) groups is 4. The summed E-state index contributed by atoms with van der Waals surface area (Å²) in [7, 11) is 3.92. The van der Waals surface area contributed by atoms with Crippen molar-refractivity contribution in [2.24, 2.45) is 0 Å². The molecule has 0 saturated carbocycles. The first kappa shape index (κ1) is 30.8. The minimum absolute atomic E-state index is 0.0164. The Balaban J connectivity index is 0.000000302. The third kappa shape index (κ3) is 8.16. The molecule has 1 atom stereocenters. The first-order valence-corrected chi connectivity index (χ1v) is 12.3. The van der Waals surface area contributed by atoms with Crippen molar-refractivity contribution in [3.8, 4) is 11.5 Å². The van der Waals surface area contributed by atoms with Crippen molar-refractivity contribution in [3.63, 3.8) is 0 Å². The highest BCUT2D eigenvalue weighted by Gasteiger charge is 2.40. The van der Waals surface area contributed by atoms with Gasteiger partial charge in [0.05, 0.1) is 24.4 Å². The molecule has 1 unspecified atom stereocenters. The summed E-state index contributed by atoms with van der Waals surface area (Å²) in [5.41, 5.74) is -1.00. The monoisotopic (exact) mass is 575 g/mol. The summed E-state index contributed by atoms with van der Waals surface area (Å²) >= 11 is 0. The average molecular weight is 576 g/mol. The number of carboxylic acid groups (broad SMARTS) is 3. The number of aromatic nitrogens is 1. The van der Waals surface area contributed by atoms with Gasteiger partial charge in [-0.15, -0.1) is 0 Å². The van der Waals surface area contributed by atoms with Crippen LogP contribution >= 0.6 is 0 Å². The second kappa shape index (κ2) is 13.1. The number of nitrogens with zero attached hydrogens (tertiary/aromatic N) is 2. The predicted molar refractivity (Wildman–Crippen MR) is 141 cm³/mol. The standard InChI is InChI=1S/C21H22FN3O3.C6H8O7/c1-24(2)18(15-4-6-19-20(9-15)28-13-27-19)11-23-21(26)12-25-8-7-14-3-5-16(22)10-17(14)25;7-3(8)1-6(13,5(11)12)2-4(9)10/h3-10,18H,11-13H2,1-2H3,(H,23,26);13H,1-2H2,(H,7,8)(H,9,10)(H,11,12). The Morgan fingerprint density at radius 3 is 2.27 bits per heavy atom. The lowest BCUT2D eigenvalue weighted by Crippen LogP contribution is -2.42. The number of carboxylic acids is 3. The fraction of sp³-hybridized carbons (Fsp3) is 0.333. The van der Waals surface area contributed by atoms with E-state index in [1.165, 1.54) is 12.1 Å². The van der Waals surface area contributed by atoms with Crippen molar-refractivity contribution in [2.45, 2.75) is 31.0 Å². The van der Waals surface area contributed by atoms with Gasteiger partial charge in [-0.05, 0) is 61.4 Å². The van der Waals surface area contributed by atoms with E-state index in [0.717, 1.165) is 22.4 Å². The molecular weight excluding hydrogens is 545 g/mol. The van der Waals surface area contributed by atoms with Gasteiger partial charge in [-0.2, -0.15) is 0 Å². The van der Waals surface area contributed by atoms with E-state index in [2.05, 4.69) is 5.32 Å². The number of hydrogen-bond donors (Lipinski definition) is 5. The Morgan fingerprint density at radius 2 is 1.66 bits per heavy atom. The summed E-state index contributed by atoms with van der Waals surface area (Å²) < 4.78 is 26.1. The van der Waals surface area contributed by atoms with E-state index in [1.54, 1.807) is 16.8 Å². The molecule has 0 aliphatic carbocycles. The van der Waals surface area contributed by atoms with E-state index in [9.17, 15) is 23.6 Å². The minimum atomic E-state index is -2.74. The van der Waals surface area contributed by atoms with Gasteiger partial charge in [0.1, 0.15) is 12.4 Å². The van der Waals surface area contributed by atoms with Gasteiger partial charge in [0, 0.05) is 12.7 Å². The number of likely N-dealkylation sites (N-methyl/N-ethyl adjacent to an activating group) is 1. The van der Waals surface area contributed by atoms with Crippen molar-refractivity contribution in [1.29, 1.82) is 0 Å². The summed E-state index contributed by atoms with van der Waals surface area (Å²) in [5.74, 6) is -4.01. The molecule has 3 aromatic rings. The number of ether oxygens (including phenoxy) is 2. The molecule has 2 aromatic carbocycles. The summed E-state index contributed by atoms with van der Waals surface area (Å²) in [6.45, 7) is 0.806. The average Bonchev–Trinajstić information content (AvgIpc) is 3.50. The largest absolute Gasteiger partial charge is 0.481 e. The molecule has 0 saturated heterocycles. The Kier molecular flexibility index (Phi) is 9.86. The van der Waals surface area contributed by atoms with Gasteiger partial charge in [-0.3, -0.25) is 14.4 Å². The van der Waals surface area contributed by atoms with Crippen LogP contribution in [0.3, 0.4) is 0 Å². The molecule has 5 N–H and O–H groups in total. The molecule has 0 spiro atoms. The van der Waals surface area contributed by atoms with Crippen LogP contribution in [-0.4, -0.2) is 86.7 Å². The topological polar surface area (TPSA) is 188 Å². The van der Waals surface area contributed by atoms with Gasteiger partial charge in [-0.1, -0.05) is 6.07 Å². The lowest BCUT2D eigenvalue weighted by Gasteiger charge is -2.25. The van der Waals surface area contributed by atoms with Crippen molar-refractivity contribution in [2.75, 3.05) is 27.4 Å². The predicted octanol–water partition coefficient (Wildman–Crippen LogP) is 1.68. The molecule has 41 heavy (non-hydrogen) atoms. The number of halogens is 1. The number of benzene rings is 2. The fourth-order valence-corrected chi connectivity index (χ4v) is 4.15. The first-order chi connectivity index (χ1) is 19.3. The van der Waals surface area contributed by atoms with Crippen LogP contribution in [0.1, 0.15) is 24.4 Å². The normalized spacial score (nSPS) is 12.9. The maximum Gasteiger partial charge on any atom is 0.336 e. The van der Waals surface area contributed by atoms with E-state index in [0.29, 0.717) is 12.1 Å². The van der Waals surface area contributed by atoms with Crippen molar-refractivity contribution < 1.29 is 53.5 Å². The number of amides is 1. The van der Waals surface area contributed by atoms with E-state index in [-0.39, 0.29) is 31.1 Å². The maximum atomic E-state index is 13.5. The van der Waals surface area contributed by atoms with Crippen LogP contribution in [0.15, 0.2) is 48.7 Å². The number of carbonyl (C=O) groups excluding carboxylic acids is 1. The van der Waals surface area contributed by atoms with E-state index in [1.807, 2.05) is 43.3 Å². The number of aliphatic hydroxyl groups is 1. The van der Waals surface area contributed by atoms with Crippen LogP contribution in [0.25, 0.3) is 10.9 Å². The number of rotatable bonds is 11. The molecule has 2 heterocycles. The zero-order chi connectivity index (χ0) is 30.3. The minimum Gasteiger partial charge on any atom is -0.481 e. The maximum absolute atomic E-state index is 13.5. The van der Waals surface area contributed by atoms with Crippen LogP contribution in [0.4, 0.5) is 4.39 Å². The molecule has 0 bridgehead atoms. The molecular formula is C27H30FN3O10. The molecule has 1 aliphatic heterocycles. The van der Waals surface area contributed by atoms with E-state index < -0.39 is 36.4 Å². The highest BCUT2D eigenvalue weighted by Crippen LogP contribution is 2.35. The first-order valence-electron chi connectivity index (χ1n) is 12.3. The number of nitrogens with one attached hydrogen (secondary N) is 1. The molecule has 220 valence electrons. The van der Waals surface area contributed by atoms with Crippen LogP contribution in [0.5, 0.6) is 11.5 Å². The molecule has 13 nitrogen and oxygen atoms in total. The second-order valence-corrected chi connectivity index (χ2v) is 9.52.